The van der Waals surface area contributed by atoms with Crippen molar-refractivity contribution in [3.63, 3.8) is 0 Å². The number of amides is 1. The van der Waals surface area contributed by atoms with Crippen LogP contribution in [0.1, 0.15) is 25.7 Å². The van der Waals surface area contributed by atoms with Crippen LogP contribution >= 0.6 is 0 Å². The van der Waals surface area contributed by atoms with Crippen LogP contribution in [0.5, 0.6) is 0 Å². The van der Waals surface area contributed by atoms with Crippen LogP contribution in [0.15, 0.2) is 12.3 Å². The highest BCUT2D eigenvalue weighted by Crippen LogP contribution is 2.11. The third kappa shape index (κ3) is 3.20. The van der Waals surface area contributed by atoms with Gasteiger partial charge in [-0.25, -0.2) is 4.79 Å². The first kappa shape index (κ1) is 10.8. The van der Waals surface area contributed by atoms with E-state index >= 15 is 0 Å². The van der Waals surface area contributed by atoms with Crippen LogP contribution in [0.4, 0.5) is 0 Å². The lowest BCUT2D eigenvalue weighted by molar-refractivity contribution is -0.134. The van der Waals surface area contributed by atoms with Crippen molar-refractivity contribution in [2.45, 2.75) is 25.7 Å². The molecule has 0 aromatic rings. The minimum absolute atomic E-state index is 0.0858. The number of ether oxygens (including phenoxy) is 1. The van der Waals surface area contributed by atoms with Gasteiger partial charge < -0.3 is 9.64 Å². The lowest BCUT2D eigenvalue weighted by Crippen LogP contribution is -2.24. The quantitative estimate of drug-likeness (QED) is 0.491. The molecule has 4 nitrogen and oxygen atoms in total. The van der Waals surface area contributed by atoms with Crippen molar-refractivity contribution in [3.8, 4) is 0 Å². The minimum atomic E-state index is -0.429. The lowest BCUT2D eigenvalue weighted by atomic mass is 10.2. The molecule has 0 aliphatic carbocycles. The molecule has 1 rings (SSSR count). The van der Waals surface area contributed by atoms with Gasteiger partial charge in [0.1, 0.15) is 0 Å². The molecule has 4 heteroatoms. The minimum Gasteiger partial charge on any atom is -0.466 e. The normalized spacial score (nSPS) is 18.4. The number of likely N-dealkylation sites (tertiary alicyclic amines) is 1. The molecule has 1 amide bonds. The number of carbonyl (C=O) groups excluding carboxylic acids is 2. The number of nitrogens with zero attached hydrogens (tertiary/aromatic N) is 1. The Morgan fingerprint density at radius 2 is 2.21 bits per heavy atom. The van der Waals surface area contributed by atoms with Gasteiger partial charge in [-0.05, 0) is 12.8 Å². The Morgan fingerprint density at radius 3 is 2.93 bits per heavy atom. The van der Waals surface area contributed by atoms with E-state index in [1.807, 2.05) is 0 Å². The summed E-state index contributed by atoms with van der Waals surface area (Å²) in [5, 5.41) is 0. The van der Waals surface area contributed by atoms with Crippen molar-refractivity contribution in [2.75, 3.05) is 13.7 Å². The van der Waals surface area contributed by atoms with Crippen molar-refractivity contribution >= 4 is 11.9 Å². The van der Waals surface area contributed by atoms with Gasteiger partial charge in [-0.3, -0.25) is 4.79 Å². The fourth-order valence-electron chi connectivity index (χ4n) is 1.38. The molecule has 0 N–H and O–H groups in total. The van der Waals surface area contributed by atoms with Crippen LogP contribution in [-0.4, -0.2) is 30.4 Å². The van der Waals surface area contributed by atoms with Gasteiger partial charge in [0.15, 0.2) is 0 Å². The van der Waals surface area contributed by atoms with Gasteiger partial charge in [-0.15, -0.1) is 0 Å². The molecule has 1 heterocycles. The van der Waals surface area contributed by atoms with Crippen LogP contribution in [0.2, 0.25) is 0 Å². The van der Waals surface area contributed by atoms with Crippen LogP contribution < -0.4 is 0 Å². The first-order valence-corrected chi connectivity index (χ1v) is 4.79. The monoisotopic (exact) mass is 197 g/mol. The summed E-state index contributed by atoms with van der Waals surface area (Å²) in [5.74, 6) is -0.343. The molecular formula is C10H15NO3. The Labute approximate surface area is 83.5 Å². The molecule has 0 saturated carbocycles. The summed E-state index contributed by atoms with van der Waals surface area (Å²) in [6, 6.07) is 0. The SMILES string of the molecule is COC(=O)/C=C/N1CCCCCC1=O. The van der Waals surface area contributed by atoms with Gasteiger partial charge in [0.05, 0.1) is 7.11 Å². The number of hydrogen-bond donors (Lipinski definition) is 0. The zero-order valence-electron chi connectivity index (χ0n) is 8.36. The summed E-state index contributed by atoms with van der Waals surface area (Å²) in [4.78, 5) is 23.8. The Morgan fingerprint density at radius 1 is 1.43 bits per heavy atom. The van der Waals surface area contributed by atoms with E-state index in [-0.39, 0.29) is 5.91 Å². The highest BCUT2D eigenvalue weighted by atomic mass is 16.5. The van der Waals surface area contributed by atoms with Gasteiger partial charge in [0.2, 0.25) is 5.91 Å². The van der Waals surface area contributed by atoms with Crippen LogP contribution in [0, 0.1) is 0 Å². The molecule has 0 spiro atoms. The number of carbonyl (C=O) groups is 2. The summed E-state index contributed by atoms with van der Waals surface area (Å²) in [7, 11) is 1.32. The summed E-state index contributed by atoms with van der Waals surface area (Å²) < 4.78 is 4.44. The standard InChI is InChI=1S/C10H15NO3/c1-14-10(13)6-8-11-7-4-2-3-5-9(11)12/h6,8H,2-5,7H2,1H3/b8-6+. The molecular weight excluding hydrogens is 182 g/mol. The molecule has 1 aliphatic rings. The van der Waals surface area contributed by atoms with E-state index in [1.54, 1.807) is 4.90 Å². The zero-order chi connectivity index (χ0) is 10.4. The van der Waals surface area contributed by atoms with Crippen LogP contribution in [-0.2, 0) is 14.3 Å². The maximum Gasteiger partial charge on any atom is 0.331 e. The van der Waals surface area contributed by atoms with Crippen molar-refractivity contribution < 1.29 is 14.3 Å². The zero-order valence-corrected chi connectivity index (χ0v) is 8.36. The average molecular weight is 197 g/mol. The highest BCUT2D eigenvalue weighted by molar-refractivity contribution is 5.83. The van der Waals surface area contributed by atoms with E-state index in [0.717, 1.165) is 19.3 Å². The van der Waals surface area contributed by atoms with Gasteiger partial charge >= 0.3 is 5.97 Å². The predicted molar refractivity (Wildman–Crippen MR) is 51.3 cm³/mol. The number of rotatable bonds is 2. The first-order valence-electron chi connectivity index (χ1n) is 4.79. The topological polar surface area (TPSA) is 46.6 Å². The molecule has 78 valence electrons. The highest BCUT2D eigenvalue weighted by Gasteiger charge is 2.13. The van der Waals surface area contributed by atoms with Crippen molar-refractivity contribution in [2.24, 2.45) is 0 Å². The van der Waals surface area contributed by atoms with E-state index in [4.69, 9.17) is 0 Å². The average Bonchev–Trinajstić information content (AvgIpc) is 2.39. The Bertz CT molecular complexity index is 248. The van der Waals surface area contributed by atoms with Crippen LogP contribution in [0.3, 0.4) is 0 Å². The Balaban J connectivity index is 2.52. The molecule has 0 aromatic carbocycles. The summed E-state index contributed by atoms with van der Waals surface area (Å²) in [6.45, 7) is 0.701. The lowest BCUT2D eigenvalue weighted by Gasteiger charge is -2.14. The molecule has 0 aromatic heterocycles. The molecule has 1 fully saturated rings. The van der Waals surface area contributed by atoms with E-state index in [0.29, 0.717) is 13.0 Å². The fourth-order valence-corrected chi connectivity index (χ4v) is 1.38. The maximum absolute atomic E-state index is 11.4. The van der Waals surface area contributed by atoms with Crippen molar-refractivity contribution in [3.05, 3.63) is 12.3 Å². The van der Waals surface area contributed by atoms with Crippen molar-refractivity contribution in [1.82, 2.24) is 4.90 Å². The molecule has 0 atom stereocenters. The van der Waals surface area contributed by atoms with E-state index in [9.17, 15) is 9.59 Å². The Kier molecular flexibility index (Phi) is 4.16. The third-order valence-electron chi connectivity index (χ3n) is 2.20. The summed E-state index contributed by atoms with van der Waals surface area (Å²) in [6.07, 6.45) is 6.39. The number of hydrogen-bond acceptors (Lipinski definition) is 3. The molecule has 0 bridgehead atoms. The Hall–Kier alpha value is -1.32. The van der Waals surface area contributed by atoms with E-state index in [2.05, 4.69) is 4.74 Å². The molecule has 0 radical (unpaired) electrons. The van der Waals surface area contributed by atoms with Gasteiger partial charge in [0.25, 0.3) is 0 Å². The van der Waals surface area contributed by atoms with E-state index in [1.165, 1.54) is 19.4 Å². The predicted octanol–water partition coefficient (Wildman–Crippen LogP) is 1.08. The molecule has 0 unspecified atom stereocenters. The molecule has 1 aliphatic heterocycles. The summed E-state index contributed by atoms with van der Waals surface area (Å²) >= 11 is 0. The fraction of sp³-hybridized carbons (Fsp3) is 0.600. The second kappa shape index (κ2) is 5.42. The molecule has 14 heavy (non-hydrogen) atoms. The van der Waals surface area contributed by atoms with Gasteiger partial charge in [-0.2, -0.15) is 0 Å². The third-order valence-corrected chi connectivity index (χ3v) is 2.20. The van der Waals surface area contributed by atoms with Gasteiger partial charge in [-0.1, -0.05) is 6.42 Å². The smallest absolute Gasteiger partial charge is 0.331 e. The maximum atomic E-state index is 11.4. The first-order chi connectivity index (χ1) is 6.74. The number of esters is 1. The molecule has 1 saturated heterocycles. The summed E-state index contributed by atoms with van der Waals surface area (Å²) in [5.41, 5.74) is 0. The van der Waals surface area contributed by atoms with E-state index < -0.39 is 5.97 Å². The second-order valence-corrected chi connectivity index (χ2v) is 3.24. The largest absolute Gasteiger partial charge is 0.466 e. The number of methoxy groups -OCH3 is 1. The van der Waals surface area contributed by atoms with Crippen molar-refractivity contribution in [1.29, 1.82) is 0 Å². The van der Waals surface area contributed by atoms with Gasteiger partial charge in [0, 0.05) is 25.2 Å². The second-order valence-electron chi connectivity index (χ2n) is 3.24. The van der Waals surface area contributed by atoms with Crippen LogP contribution in [0.25, 0.3) is 0 Å².